The Morgan fingerprint density at radius 2 is 2.12 bits per heavy atom. The zero-order valence-electron chi connectivity index (χ0n) is 8.38. The molecule has 0 radical (unpaired) electrons. The van der Waals surface area contributed by atoms with Crippen LogP contribution in [0.15, 0.2) is 30.9 Å². The van der Waals surface area contributed by atoms with E-state index in [9.17, 15) is 13.2 Å². The summed E-state index contributed by atoms with van der Waals surface area (Å²) in [6, 6.07) is 4.53. The van der Waals surface area contributed by atoms with Crippen LogP contribution in [-0.2, 0) is 16.7 Å². The van der Waals surface area contributed by atoms with Crippen molar-refractivity contribution in [2.24, 2.45) is 0 Å². The van der Waals surface area contributed by atoms with Gasteiger partial charge in [0, 0.05) is 5.56 Å². The van der Waals surface area contributed by atoms with E-state index in [1.807, 2.05) is 4.72 Å². The molecule has 0 heterocycles. The highest BCUT2D eigenvalue weighted by atomic mass is 32.2. The van der Waals surface area contributed by atoms with Gasteiger partial charge in [-0.05, 0) is 18.1 Å². The Bertz CT molecular complexity index is 508. The van der Waals surface area contributed by atoms with Crippen molar-refractivity contribution in [3.05, 3.63) is 42.0 Å². The van der Waals surface area contributed by atoms with Crippen LogP contribution >= 0.6 is 0 Å². The second-order valence-electron chi connectivity index (χ2n) is 3.06. The van der Waals surface area contributed by atoms with E-state index in [0.29, 0.717) is 23.8 Å². The number of rotatable bonds is 5. The average molecular weight is 241 g/mol. The van der Waals surface area contributed by atoms with Crippen molar-refractivity contribution in [2.45, 2.75) is 6.42 Å². The number of nitrogens with one attached hydrogen (secondary N) is 1. The van der Waals surface area contributed by atoms with Crippen molar-refractivity contribution in [2.75, 3.05) is 4.72 Å². The molecule has 0 amide bonds. The van der Waals surface area contributed by atoms with Crippen LogP contribution in [0, 0.1) is 0 Å². The van der Waals surface area contributed by atoms with E-state index in [1.165, 1.54) is 18.2 Å². The molecule has 16 heavy (non-hydrogen) atoms. The molecule has 0 aliphatic heterocycles. The molecular formula is C10H11NO4S. The summed E-state index contributed by atoms with van der Waals surface area (Å²) in [4.78, 5) is 10.7. The Morgan fingerprint density at radius 1 is 1.44 bits per heavy atom. The molecule has 2 N–H and O–H groups in total. The molecule has 0 fully saturated rings. The monoisotopic (exact) mass is 241 g/mol. The van der Waals surface area contributed by atoms with Gasteiger partial charge in [0.05, 0.1) is 5.69 Å². The van der Waals surface area contributed by atoms with E-state index >= 15 is 0 Å². The van der Waals surface area contributed by atoms with Gasteiger partial charge in [0.2, 0.25) is 0 Å². The topological polar surface area (TPSA) is 83.5 Å². The maximum Gasteiger partial charge on any atom is 0.357 e. The summed E-state index contributed by atoms with van der Waals surface area (Å²) in [6.07, 6.45) is 2.48. The molecule has 1 aromatic carbocycles. The van der Waals surface area contributed by atoms with Gasteiger partial charge in [0.25, 0.3) is 0 Å². The Kier molecular flexibility index (Phi) is 3.81. The molecule has 0 atom stereocenters. The summed E-state index contributed by atoms with van der Waals surface area (Å²) in [7, 11) is -4.34. The number of hydrogen-bond donors (Lipinski definition) is 2. The Labute approximate surface area is 93.7 Å². The molecule has 1 rings (SSSR count). The van der Waals surface area contributed by atoms with Gasteiger partial charge in [-0.25, -0.2) is 0 Å². The summed E-state index contributed by atoms with van der Waals surface area (Å²) in [6.45, 7) is 3.51. The number of allylic oxidation sites excluding steroid dienone is 1. The van der Waals surface area contributed by atoms with Crippen LogP contribution in [0.2, 0.25) is 0 Å². The van der Waals surface area contributed by atoms with Crippen LogP contribution in [0.5, 0.6) is 0 Å². The average Bonchev–Trinajstić information content (AvgIpc) is 2.18. The second-order valence-corrected chi connectivity index (χ2v) is 4.22. The van der Waals surface area contributed by atoms with E-state index < -0.39 is 10.3 Å². The number of aldehydes is 1. The minimum absolute atomic E-state index is 0.173. The molecule has 5 nitrogen and oxygen atoms in total. The minimum atomic E-state index is -4.34. The molecule has 0 saturated heterocycles. The highest BCUT2D eigenvalue weighted by Gasteiger charge is 2.11. The first kappa shape index (κ1) is 12.4. The third-order valence-electron chi connectivity index (χ3n) is 1.93. The molecular weight excluding hydrogens is 230 g/mol. The first-order valence-electron chi connectivity index (χ1n) is 4.41. The van der Waals surface area contributed by atoms with Crippen molar-refractivity contribution in [3.8, 4) is 0 Å². The fourth-order valence-corrected chi connectivity index (χ4v) is 1.79. The predicted molar refractivity (Wildman–Crippen MR) is 60.9 cm³/mol. The van der Waals surface area contributed by atoms with Crippen molar-refractivity contribution >= 4 is 22.3 Å². The first-order chi connectivity index (χ1) is 7.48. The zero-order valence-corrected chi connectivity index (χ0v) is 9.20. The number of anilines is 1. The molecule has 0 saturated carbocycles. The molecule has 0 bridgehead atoms. The van der Waals surface area contributed by atoms with Crippen molar-refractivity contribution < 1.29 is 17.8 Å². The summed E-state index contributed by atoms with van der Waals surface area (Å²) in [5, 5.41) is 0. The Morgan fingerprint density at radius 3 is 2.62 bits per heavy atom. The van der Waals surface area contributed by atoms with Gasteiger partial charge in [0.1, 0.15) is 6.29 Å². The maximum absolute atomic E-state index is 10.7. The summed E-state index contributed by atoms with van der Waals surface area (Å²) in [5.41, 5.74) is 1.01. The van der Waals surface area contributed by atoms with Crippen LogP contribution in [0.4, 0.5) is 5.69 Å². The lowest BCUT2D eigenvalue weighted by molar-refractivity contribution is 0.112. The third kappa shape index (κ3) is 3.18. The number of carbonyl (C=O) groups is 1. The highest BCUT2D eigenvalue weighted by Crippen LogP contribution is 2.20. The van der Waals surface area contributed by atoms with Crippen LogP contribution in [0.1, 0.15) is 15.9 Å². The lowest BCUT2D eigenvalue weighted by Gasteiger charge is -2.10. The van der Waals surface area contributed by atoms with Crippen molar-refractivity contribution in [1.82, 2.24) is 0 Å². The SMILES string of the molecule is C=CCc1c(C=O)cccc1NS(=O)(=O)O. The lowest BCUT2D eigenvalue weighted by atomic mass is 10.0. The smallest absolute Gasteiger partial charge is 0.298 e. The fraction of sp³-hybridized carbons (Fsp3) is 0.100. The van der Waals surface area contributed by atoms with Gasteiger partial charge < -0.3 is 0 Å². The van der Waals surface area contributed by atoms with E-state index in [2.05, 4.69) is 6.58 Å². The van der Waals surface area contributed by atoms with Crippen LogP contribution in [0.25, 0.3) is 0 Å². The minimum Gasteiger partial charge on any atom is -0.298 e. The van der Waals surface area contributed by atoms with Gasteiger partial charge in [-0.1, -0.05) is 18.2 Å². The van der Waals surface area contributed by atoms with E-state index in [1.54, 1.807) is 6.07 Å². The van der Waals surface area contributed by atoms with Crippen LogP contribution in [0.3, 0.4) is 0 Å². The van der Waals surface area contributed by atoms with Gasteiger partial charge in [-0.3, -0.25) is 14.1 Å². The number of benzene rings is 1. The Hall–Kier alpha value is -1.66. The van der Waals surface area contributed by atoms with E-state index in [-0.39, 0.29) is 5.69 Å². The molecule has 0 unspecified atom stereocenters. The first-order valence-corrected chi connectivity index (χ1v) is 5.85. The summed E-state index contributed by atoms with van der Waals surface area (Å²) < 4.78 is 32.0. The summed E-state index contributed by atoms with van der Waals surface area (Å²) >= 11 is 0. The third-order valence-corrected chi connectivity index (χ3v) is 2.40. The van der Waals surface area contributed by atoms with Crippen LogP contribution in [-0.4, -0.2) is 19.3 Å². The molecule has 0 aliphatic carbocycles. The van der Waals surface area contributed by atoms with Crippen LogP contribution < -0.4 is 4.72 Å². The van der Waals surface area contributed by atoms with E-state index in [0.717, 1.165) is 0 Å². The molecule has 6 heteroatoms. The molecule has 0 aliphatic rings. The highest BCUT2D eigenvalue weighted by molar-refractivity contribution is 7.87. The Balaban J connectivity index is 3.26. The second kappa shape index (κ2) is 4.91. The molecule has 0 spiro atoms. The number of hydrogen-bond acceptors (Lipinski definition) is 3. The van der Waals surface area contributed by atoms with Crippen molar-refractivity contribution in [1.29, 1.82) is 0 Å². The normalized spacial score (nSPS) is 10.8. The largest absolute Gasteiger partial charge is 0.357 e. The molecule has 86 valence electrons. The lowest BCUT2D eigenvalue weighted by Crippen LogP contribution is -2.12. The quantitative estimate of drug-likeness (QED) is 0.464. The van der Waals surface area contributed by atoms with Gasteiger partial charge in [0.15, 0.2) is 0 Å². The molecule has 1 aromatic rings. The van der Waals surface area contributed by atoms with E-state index in [4.69, 9.17) is 4.55 Å². The summed E-state index contributed by atoms with van der Waals surface area (Å²) in [5.74, 6) is 0. The molecule has 0 aromatic heterocycles. The standard InChI is InChI=1S/C10H11NO4S/c1-2-4-9-8(7-12)5-3-6-10(9)11-16(13,14)15/h2-3,5-7,11H,1,4H2,(H,13,14,15). The van der Waals surface area contributed by atoms with Crippen molar-refractivity contribution in [3.63, 3.8) is 0 Å². The number of carbonyl (C=O) groups excluding carboxylic acids is 1. The fourth-order valence-electron chi connectivity index (χ4n) is 1.32. The zero-order chi connectivity index (χ0) is 12.2. The van der Waals surface area contributed by atoms with Gasteiger partial charge >= 0.3 is 10.3 Å². The van der Waals surface area contributed by atoms with Gasteiger partial charge in [-0.2, -0.15) is 8.42 Å². The maximum atomic E-state index is 10.7. The predicted octanol–water partition coefficient (Wildman–Crippen LogP) is 1.44. The van der Waals surface area contributed by atoms with Gasteiger partial charge in [-0.15, -0.1) is 6.58 Å².